The van der Waals surface area contributed by atoms with Crippen LogP contribution in [-0.2, 0) is 11.2 Å². The van der Waals surface area contributed by atoms with Crippen molar-refractivity contribution in [3.63, 3.8) is 0 Å². The Morgan fingerprint density at radius 3 is 2.83 bits per heavy atom. The van der Waals surface area contributed by atoms with E-state index in [2.05, 4.69) is 15.3 Å². The number of ether oxygens (including phenoxy) is 1. The van der Waals surface area contributed by atoms with Crippen LogP contribution in [0.4, 0.5) is 5.13 Å². The highest BCUT2D eigenvalue weighted by Crippen LogP contribution is 2.35. The van der Waals surface area contributed by atoms with Crippen LogP contribution in [0.5, 0.6) is 0 Å². The van der Waals surface area contributed by atoms with Gasteiger partial charge in [-0.2, -0.15) is 0 Å². The molecule has 0 spiro atoms. The molecule has 1 aliphatic rings. The third-order valence-corrected chi connectivity index (χ3v) is 5.91. The van der Waals surface area contributed by atoms with Crippen molar-refractivity contribution in [2.24, 2.45) is 5.92 Å². The Bertz CT molecular complexity index is 1010. The molecule has 4 heterocycles. The lowest BCUT2D eigenvalue weighted by Crippen LogP contribution is -2.23. The first-order chi connectivity index (χ1) is 14.2. The van der Waals surface area contributed by atoms with Gasteiger partial charge in [0.25, 0.3) is 5.91 Å². The standard InChI is InChI=1S/C21H21N3O4S/c1-2-13-9-16(11-22-10-13)20(26)24-21-23-17(15-5-8-28-12-15)19(29-21)18(25)14-3-6-27-7-4-14/h5,8-12,14H,2-4,6-7H2,1H3,(H,23,24,26). The molecular formula is C21H21N3O4S. The number of amides is 1. The normalized spacial score (nSPS) is 14.7. The van der Waals surface area contributed by atoms with Crippen molar-refractivity contribution in [2.75, 3.05) is 18.5 Å². The van der Waals surface area contributed by atoms with Crippen LogP contribution in [0.1, 0.15) is 45.4 Å². The van der Waals surface area contributed by atoms with E-state index in [1.807, 2.05) is 6.92 Å². The van der Waals surface area contributed by atoms with Gasteiger partial charge in [0.2, 0.25) is 0 Å². The summed E-state index contributed by atoms with van der Waals surface area (Å²) in [6.45, 7) is 3.17. The summed E-state index contributed by atoms with van der Waals surface area (Å²) in [5, 5.41) is 3.19. The second-order valence-corrected chi connectivity index (χ2v) is 7.85. The molecule has 29 heavy (non-hydrogen) atoms. The maximum absolute atomic E-state index is 13.1. The number of aromatic nitrogens is 2. The molecular weight excluding hydrogens is 390 g/mol. The Morgan fingerprint density at radius 1 is 1.28 bits per heavy atom. The van der Waals surface area contributed by atoms with Crippen molar-refractivity contribution < 1.29 is 18.7 Å². The second-order valence-electron chi connectivity index (χ2n) is 6.85. The highest BCUT2D eigenvalue weighted by atomic mass is 32.1. The van der Waals surface area contributed by atoms with E-state index in [4.69, 9.17) is 9.15 Å². The fourth-order valence-corrected chi connectivity index (χ4v) is 4.26. The summed E-state index contributed by atoms with van der Waals surface area (Å²) in [6, 6.07) is 3.57. The molecule has 1 amide bonds. The van der Waals surface area contributed by atoms with Crippen molar-refractivity contribution in [1.82, 2.24) is 9.97 Å². The number of aryl methyl sites for hydroxylation is 1. The van der Waals surface area contributed by atoms with Gasteiger partial charge in [-0.05, 0) is 37.0 Å². The van der Waals surface area contributed by atoms with Crippen LogP contribution in [0.25, 0.3) is 11.3 Å². The molecule has 8 heteroatoms. The summed E-state index contributed by atoms with van der Waals surface area (Å²) in [4.78, 5) is 35.0. The first-order valence-electron chi connectivity index (χ1n) is 9.56. The Morgan fingerprint density at radius 2 is 2.10 bits per heavy atom. The number of hydrogen-bond acceptors (Lipinski definition) is 7. The molecule has 4 rings (SSSR count). The van der Waals surface area contributed by atoms with Crippen LogP contribution >= 0.6 is 11.3 Å². The molecule has 0 aromatic carbocycles. The van der Waals surface area contributed by atoms with Gasteiger partial charge in [-0.15, -0.1) is 0 Å². The number of ketones is 1. The van der Waals surface area contributed by atoms with E-state index in [1.165, 1.54) is 23.8 Å². The Kier molecular flexibility index (Phi) is 5.82. The van der Waals surface area contributed by atoms with Gasteiger partial charge in [0.1, 0.15) is 4.88 Å². The molecule has 1 N–H and O–H groups in total. The SMILES string of the molecule is CCc1cncc(C(=O)Nc2nc(-c3ccoc3)c(C(=O)C3CCOCC3)s2)c1. The number of pyridine rings is 1. The summed E-state index contributed by atoms with van der Waals surface area (Å²) in [5.74, 6) is -0.355. The van der Waals surface area contributed by atoms with Gasteiger partial charge in [-0.25, -0.2) is 4.98 Å². The zero-order chi connectivity index (χ0) is 20.2. The highest BCUT2D eigenvalue weighted by molar-refractivity contribution is 7.18. The van der Waals surface area contributed by atoms with E-state index in [0.717, 1.165) is 12.0 Å². The van der Waals surface area contributed by atoms with Gasteiger partial charge < -0.3 is 9.15 Å². The Balaban J connectivity index is 1.62. The smallest absolute Gasteiger partial charge is 0.259 e. The third kappa shape index (κ3) is 4.28. The highest BCUT2D eigenvalue weighted by Gasteiger charge is 2.28. The van der Waals surface area contributed by atoms with E-state index >= 15 is 0 Å². The molecule has 7 nitrogen and oxygen atoms in total. The minimum absolute atomic E-state index is 0.0390. The fourth-order valence-electron chi connectivity index (χ4n) is 3.26. The minimum atomic E-state index is -0.301. The first kappa shape index (κ1) is 19.5. The second kappa shape index (κ2) is 8.67. The van der Waals surface area contributed by atoms with E-state index in [9.17, 15) is 9.59 Å². The fraction of sp³-hybridized carbons (Fsp3) is 0.333. The molecule has 0 saturated carbocycles. The number of thiazole rings is 1. The van der Waals surface area contributed by atoms with Gasteiger partial charge in [0.15, 0.2) is 10.9 Å². The van der Waals surface area contributed by atoms with Crippen molar-refractivity contribution in [3.05, 3.63) is 53.1 Å². The zero-order valence-corrected chi connectivity index (χ0v) is 16.8. The predicted molar refractivity (Wildman–Crippen MR) is 109 cm³/mol. The molecule has 1 saturated heterocycles. The predicted octanol–water partition coefficient (Wildman–Crippen LogP) is 4.22. The van der Waals surface area contributed by atoms with Crippen LogP contribution in [0.3, 0.4) is 0 Å². The van der Waals surface area contributed by atoms with Crippen molar-refractivity contribution in [2.45, 2.75) is 26.2 Å². The van der Waals surface area contributed by atoms with Gasteiger partial charge in [0, 0.05) is 37.1 Å². The van der Waals surface area contributed by atoms with Crippen LogP contribution in [0.2, 0.25) is 0 Å². The van der Waals surface area contributed by atoms with Crippen LogP contribution < -0.4 is 5.32 Å². The molecule has 0 unspecified atom stereocenters. The van der Waals surface area contributed by atoms with Crippen molar-refractivity contribution in [3.8, 4) is 11.3 Å². The summed E-state index contributed by atoms with van der Waals surface area (Å²) in [6.07, 6.45) is 8.53. The average Bonchev–Trinajstić information content (AvgIpc) is 3.44. The molecule has 1 fully saturated rings. The Hall–Kier alpha value is -2.84. The van der Waals surface area contributed by atoms with Gasteiger partial charge in [0.05, 0.1) is 23.8 Å². The quantitative estimate of drug-likeness (QED) is 0.610. The number of nitrogens with zero attached hydrogens (tertiary/aromatic N) is 2. The Labute approximate surface area is 172 Å². The number of Topliss-reactive ketones (excluding diaryl/α,β-unsaturated/α-hetero) is 1. The first-order valence-corrected chi connectivity index (χ1v) is 10.4. The van der Waals surface area contributed by atoms with Crippen molar-refractivity contribution >= 4 is 28.2 Å². The number of rotatable bonds is 6. The summed E-state index contributed by atoms with van der Waals surface area (Å²) in [7, 11) is 0. The summed E-state index contributed by atoms with van der Waals surface area (Å²) in [5.41, 5.74) is 2.69. The lowest BCUT2D eigenvalue weighted by Gasteiger charge is -2.20. The van der Waals surface area contributed by atoms with Gasteiger partial charge in [-0.3, -0.25) is 19.9 Å². The van der Waals surface area contributed by atoms with E-state index in [0.29, 0.717) is 52.9 Å². The maximum atomic E-state index is 13.1. The monoisotopic (exact) mass is 411 g/mol. The summed E-state index contributed by atoms with van der Waals surface area (Å²) >= 11 is 1.20. The van der Waals surface area contributed by atoms with E-state index in [-0.39, 0.29) is 17.6 Å². The lowest BCUT2D eigenvalue weighted by molar-refractivity contribution is 0.0548. The van der Waals surface area contributed by atoms with E-state index < -0.39 is 0 Å². The van der Waals surface area contributed by atoms with Gasteiger partial charge >= 0.3 is 0 Å². The molecule has 0 aliphatic carbocycles. The van der Waals surface area contributed by atoms with Crippen LogP contribution in [-0.4, -0.2) is 34.9 Å². The largest absolute Gasteiger partial charge is 0.472 e. The average molecular weight is 411 g/mol. The number of anilines is 1. The van der Waals surface area contributed by atoms with Gasteiger partial charge in [-0.1, -0.05) is 18.3 Å². The third-order valence-electron chi connectivity index (χ3n) is 4.92. The zero-order valence-electron chi connectivity index (χ0n) is 16.0. The molecule has 150 valence electrons. The van der Waals surface area contributed by atoms with Crippen LogP contribution in [0, 0.1) is 5.92 Å². The number of nitrogens with one attached hydrogen (secondary N) is 1. The van der Waals surface area contributed by atoms with Crippen LogP contribution in [0.15, 0.2) is 41.5 Å². The minimum Gasteiger partial charge on any atom is -0.472 e. The maximum Gasteiger partial charge on any atom is 0.259 e. The number of hydrogen-bond donors (Lipinski definition) is 1. The molecule has 1 aliphatic heterocycles. The van der Waals surface area contributed by atoms with E-state index in [1.54, 1.807) is 24.6 Å². The molecule has 3 aromatic rings. The molecule has 0 atom stereocenters. The number of carbonyl (C=O) groups is 2. The number of carbonyl (C=O) groups excluding carboxylic acids is 2. The molecule has 0 radical (unpaired) electrons. The molecule has 3 aromatic heterocycles. The lowest BCUT2D eigenvalue weighted by atomic mass is 9.93. The molecule has 0 bridgehead atoms. The number of furan rings is 1. The van der Waals surface area contributed by atoms with Crippen molar-refractivity contribution in [1.29, 1.82) is 0 Å². The topological polar surface area (TPSA) is 94.3 Å². The summed E-state index contributed by atoms with van der Waals surface area (Å²) < 4.78 is 10.5.